The zero-order valence-corrected chi connectivity index (χ0v) is 12.6. The Labute approximate surface area is 117 Å². The summed E-state index contributed by atoms with van der Waals surface area (Å²) in [4.78, 5) is 2.33. The minimum atomic E-state index is -0.403. The molecule has 1 heterocycles. The number of hydrogen-bond acceptors (Lipinski definition) is 5. The average molecular weight is 274 g/mol. The first-order valence-electron chi connectivity index (χ1n) is 7.31. The van der Waals surface area contributed by atoms with Crippen LogP contribution in [0.5, 0.6) is 0 Å². The molecule has 2 unspecified atom stereocenters. The van der Waals surface area contributed by atoms with Gasteiger partial charge in [0.05, 0.1) is 25.4 Å². The van der Waals surface area contributed by atoms with Crippen LogP contribution in [0.4, 0.5) is 0 Å². The van der Waals surface area contributed by atoms with Crippen LogP contribution < -0.4 is 5.32 Å². The lowest BCUT2D eigenvalue weighted by Crippen LogP contribution is -2.42. The summed E-state index contributed by atoms with van der Waals surface area (Å²) in [5, 5.41) is 13.2. The summed E-state index contributed by atoms with van der Waals surface area (Å²) in [6.45, 7) is 6.90. The number of likely N-dealkylation sites (tertiary alicyclic amines) is 1. The van der Waals surface area contributed by atoms with E-state index in [1.807, 2.05) is 14.0 Å². The fourth-order valence-corrected chi connectivity index (χ4v) is 2.57. The summed E-state index contributed by atoms with van der Waals surface area (Å²) in [7, 11) is 3.67. The molecule has 5 heteroatoms. The van der Waals surface area contributed by atoms with Crippen molar-refractivity contribution in [2.75, 3.05) is 53.6 Å². The Morgan fingerprint density at radius 2 is 2.00 bits per heavy atom. The Hall–Kier alpha value is -0.200. The molecular weight excluding hydrogens is 244 g/mol. The summed E-state index contributed by atoms with van der Waals surface area (Å²) < 4.78 is 10.5. The number of aliphatic hydroxyl groups is 1. The van der Waals surface area contributed by atoms with E-state index in [4.69, 9.17) is 9.47 Å². The molecule has 1 aliphatic rings. The summed E-state index contributed by atoms with van der Waals surface area (Å²) in [5.74, 6) is 0.788. The van der Waals surface area contributed by atoms with Gasteiger partial charge in [-0.3, -0.25) is 0 Å². The molecule has 0 saturated carbocycles. The molecule has 0 aliphatic carbocycles. The van der Waals surface area contributed by atoms with Gasteiger partial charge < -0.3 is 24.8 Å². The lowest BCUT2D eigenvalue weighted by Gasteiger charge is -2.33. The Morgan fingerprint density at radius 1 is 1.32 bits per heavy atom. The predicted molar refractivity (Wildman–Crippen MR) is 76.4 cm³/mol. The van der Waals surface area contributed by atoms with Crippen molar-refractivity contribution in [1.82, 2.24) is 10.2 Å². The standard InChI is InChI=1S/C14H30N2O3/c1-12(10-18-3)19-11-14(17)9-16-6-4-13(5-7-16)8-15-2/h12-15,17H,4-11H2,1-3H3. The summed E-state index contributed by atoms with van der Waals surface area (Å²) in [6, 6.07) is 0. The van der Waals surface area contributed by atoms with Crippen molar-refractivity contribution in [3.05, 3.63) is 0 Å². The minimum absolute atomic E-state index is 0.0426. The van der Waals surface area contributed by atoms with Gasteiger partial charge in [-0.05, 0) is 52.4 Å². The quantitative estimate of drug-likeness (QED) is 0.635. The van der Waals surface area contributed by atoms with E-state index < -0.39 is 6.10 Å². The molecule has 1 rings (SSSR count). The van der Waals surface area contributed by atoms with Crippen molar-refractivity contribution >= 4 is 0 Å². The molecule has 0 aromatic rings. The van der Waals surface area contributed by atoms with E-state index in [0.29, 0.717) is 19.8 Å². The fourth-order valence-electron chi connectivity index (χ4n) is 2.57. The Balaban J connectivity index is 2.11. The first-order valence-corrected chi connectivity index (χ1v) is 7.31. The average Bonchev–Trinajstić information content (AvgIpc) is 2.39. The van der Waals surface area contributed by atoms with Crippen LogP contribution in [0.1, 0.15) is 19.8 Å². The molecule has 0 amide bonds. The highest BCUT2D eigenvalue weighted by atomic mass is 16.5. The number of aliphatic hydroxyl groups excluding tert-OH is 1. The number of nitrogens with one attached hydrogen (secondary N) is 1. The minimum Gasteiger partial charge on any atom is -0.389 e. The van der Waals surface area contributed by atoms with Gasteiger partial charge in [0.25, 0.3) is 0 Å². The fraction of sp³-hybridized carbons (Fsp3) is 1.00. The number of methoxy groups -OCH3 is 1. The van der Waals surface area contributed by atoms with Crippen LogP contribution in [0.25, 0.3) is 0 Å². The number of β-amino-alcohol motifs (C(OH)–C–C–N with tert-alkyl or cyclic N) is 1. The summed E-state index contributed by atoms with van der Waals surface area (Å²) in [6.07, 6.45) is 2.07. The number of rotatable bonds is 9. The molecule has 114 valence electrons. The molecule has 5 nitrogen and oxygen atoms in total. The second kappa shape index (κ2) is 9.66. The Morgan fingerprint density at radius 3 is 2.58 bits per heavy atom. The number of piperidine rings is 1. The van der Waals surface area contributed by atoms with Crippen molar-refractivity contribution in [3.8, 4) is 0 Å². The normalized spacial score (nSPS) is 21.5. The van der Waals surface area contributed by atoms with Gasteiger partial charge in [-0.15, -0.1) is 0 Å². The lowest BCUT2D eigenvalue weighted by atomic mass is 9.97. The maximum absolute atomic E-state index is 9.97. The first-order chi connectivity index (χ1) is 9.15. The van der Waals surface area contributed by atoms with Gasteiger partial charge >= 0.3 is 0 Å². The molecule has 1 aliphatic heterocycles. The molecule has 0 aromatic carbocycles. The molecule has 1 fully saturated rings. The second-order valence-corrected chi connectivity index (χ2v) is 5.55. The Bertz CT molecular complexity index is 221. The molecule has 0 radical (unpaired) electrons. The zero-order valence-electron chi connectivity index (χ0n) is 12.6. The second-order valence-electron chi connectivity index (χ2n) is 5.55. The van der Waals surface area contributed by atoms with Crippen LogP contribution in [-0.2, 0) is 9.47 Å². The Kier molecular flexibility index (Phi) is 8.57. The smallest absolute Gasteiger partial charge is 0.0900 e. The van der Waals surface area contributed by atoms with Gasteiger partial charge in [0.1, 0.15) is 0 Å². The topological polar surface area (TPSA) is 54.0 Å². The van der Waals surface area contributed by atoms with Gasteiger partial charge in [0.15, 0.2) is 0 Å². The third-order valence-corrected chi connectivity index (χ3v) is 3.64. The van der Waals surface area contributed by atoms with Gasteiger partial charge in [-0.25, -0.2) is 0 Å². The van der Waals surface area contributed by atoms with Crippen molar-refractivity contribution in [1.29, 1.82) is 0 Å². The molecule has 2 atom stereocenters. The van der Waals surface area contributed by atoms with Crippen LogP contribution >= 0.6 is 0 Å². The van der Waals surface area contributed by atoms with E-state index in [1.54, 1.807) is 7.11 Å². The van der Waals surface area contributed by atoms with Crippen LogP contribution in [0, 0.1) is 5.92 Å². The van der Waals surface area contributed by atoms with Gasteiger partial charge in [0, 0.05) is 13.7 Å². The van der Waals surface area contributed by atoms with E-state index in [-0.39, 0.29) is 6.10 Å². The highest BCUT2D eigenvalue weighted by Gasteiger charge is 2.20. The predicted octanol–water partition coefficient (Wildman–Crippen LogP) is 0.330. The molecule has 2 N–H and O–H groups in total. The molecule has 0 bridgehead atoms. The van der Waals surface area contributed by atoms with E-state index in [9.17, 15) is 5.11 Å². The highest BCUT2D eigenvalue weighted by molar-refractivity contribution is 4.75. The third-order valence-electron chi connectivity index (χ3n) is 3.64. The van der Waals surface area contributed by atoms with Crippen molar-refractivity contribution < 1.29 is 14.6 Å². The molecular formula is C14H30N2O3. The summed E-state index contributed by atoms with van der Waals surface area (Å²) >= 11 is 0. The maximum Gasteiger partial charge on any atom is 0.0900 e. The van der Waals surface area contributed by atoms with Gasteiger partial charge in [-0.2, -0.15) is 0 Å². The molecule has 0 aromatic heterocycles. The highest BCUT2D eigenvalue weighted by Crippen LogP contribution is 2.16. The monoisotopic (exact) mass is 274 g/mol. The van der Waals surface area contributed by atoms with Gasteiger partial charge in [-0.1, -0.05) is 0 Å². The van der Waals surface area contributed by atoms with Crippen molar-refractivity contribution in [3.63, 3.8) is 0 Å². The molecule has 19 heavy (non-hydrogen) atoms. The first kappa shape index (κ1) is 16.9. The largest absolute Gasteiger partial charge is 0.389 e. The van der Waals surface area contributed by atoms with E-state index >= 15 is 0 Å². The van der Waals surface area contributed by atoms with E-state index in [0.717, 1.165) is 25.6 Å². The molecule has 0 spiro atoms. The van der Waals surface area contributed by atoms with Crippen LogP contribution in [0.2, 0.25) is 0 Å². The van der Waals surface area contributed by atoms with E-state index in [2.05, 4.69) is 10.2 Å². The van der Waals surface area contributed by atoms with E-state index in [1.165, 1.54) is 12.8 Å². The van der Waals surface area contributed by atoms with Crippen molar-refractivity contribution in [2.45, 2.75) is 32.0 Å². The maximum atomic E-state index is 9.97. The zero-order chi connectivity index (χ0) is 14.1. The number of nitrogens with zero attached hydrogens (tertiary/aromatic N) is 1. The summed E-state index contributed by atoms with van der Waals surface area (Å²) in [5.41, 5.74) is 0. The van der Waals surface area contributed by atoms with Crippen LogP contribution in [0.15, 0.2) is 0 Å². The van der Waals surface area contributed by atoms with Crippen LogP contribution in [-0.4, -0.2) is 75.8 Å². The number of hydrogen-bond donors (Lipinski definition) is 2. The lowest BCUT2D eigenvalue weighted by molar-refractivity contribution is -0.0416. The SMILES string of the molecule is CNCC1CCN(CC(O)COC(C)COC)CC1. The van der Waals surface area contributed by atoms with Crippen molar-refractivity contribution in [2.24, 2.45) is 5.92 Å². The number of ether oxygens (including phenoxy) is 2. The van der Waals surface area contributed by atoms with Gasteiger partial charge in [0.2, 0.25) is 0 Å². The molecule has 1 saturated heterocycles. The van der Waals surface area contributed by atoms with Crippen LogP contribution in [0.3, 0.4) is 0 Å². The third kappa shape index (κ3) is 7.22.